The summed E-state index contributed by atoms with van der Waals surface area (Å²) in [7, 11) is 3.84. The zero-order valence-electron chi connectivity index (χ0n) is 14.5. The summed E-state index contributed by atoms with van der Waals surface area (Å²) in [5.41, 5.74) is 0.617. The molecule has 2 amide bonds. The van der Waals surface area contributed by atoms with E-state index in [0.717, 1.165) is 12.3 Å². The van der Waals surface area contributed by atoms with Crippen molar-refractivity contribution in [3.8, 4) is 11.5 Å². The molecule has 0 atom stereocenters. The number of para-hydroxylation sites is 1. The van der Waals surface area contributed by atoms with E-state index in [1.54, 1.807) is 24.3 Å². The van der Waals surface area contributed by atoms with Gasteiger partial charge in [-0.1, -0.05) is 18.2 Å². The van der Waals surface area contributed by atoms with Crippen LogP contribution in [0.5, 0.6) is 11.5 Å². The Hall–Kier alpha value is -2.86. The first-order chi connectivity index (χ1) is 12.0. The van der Waals surface area contributed by atoms with Crippen molar-refractivity contribution in [3.63, 3.8) is 0 Å². The Morgan fingerprint density at radius 2 is 1.56 bits per heavy atom. The molecular weight excluding hydrogens is 318 g/mol. The van der Waals surface area contributed by atoms with Crippen molar-refractivity contribution in [2.75, 3.05) is 32.5 Å². The standard InChI is InChI=1S/C19H23N3O3/c1-22(2)13-12-20-18(23)14-19(24)21-15-8-10-17(11-9-15)25-16-6-4-3-5-7-16/h3-11H,12-14H2,1-2H3,(H,20,23)(H,21,24). The molecule has 0 unspecified atom stereocenters. The number of anilines is 1. The molecule has 0 fully saturated rings. The zero-order chi connectivity index (χ0) is 18.1. The number of carbonyl (C=O) groups excluding carboxylic acids is 2. The van der Waals surface area contributed by atoms with Crippen LogP contribution in [0.3, 0.4) is 0 Å². The molecule has 0 saturated heterocycles. The van der Waals surface area contributed by atoms with Crippen LogP contribution in [0.15, 0.2) is 54.6 Å². The molecule has 2 N–H and O–H groups in total. The van der Waals surface area contributed by atoms with E-state index in [1.165, 1.54) is 0 Å². The molecule has 0 aliphatic carbocycles. The van der Waals surface area contributed by atoms with Gasteiger partial charge >= 0.3 is 0 Å². The van der Waals surface area contributed by atoms with Gasteiger partial charge in [0.1, 0.15) is 17.9 Å². The molecule has 25 heavy (non-hydrogen) atoms. The zero-order valence-corrected chi connectivity index (χ0v) is 14.5. The molecule has 2 rings (SSSR count). The molecule has 0 aliphatic rings. The fourth-order valence-corrected chi connectivity index (χ4v) is 2.06. The van der Waals surface area contributed by atoms with Crippen LogP contribution in [0.2, 0.25) is 0 Å². The lowest BCUT2D eigenvalue weighted by Gasteiger charge is -2.10. The van der Waals surface area contributed by atoms with Crippen molar-refractivity contribution in [2.45, 2.75) is 6.42 Å². The predicted octanol–water partition coefficient (Wildman–Crippen LogP) is 2.49. The number of nitrogens with zero attached hydrogens (tertiary/aromatic N) is 1. The highest BCUT2D eigenvalue weighted by Gasteiger charge is 2.09. The van der Waals surface area contributed by atoms with E-state index in [-0.39, 0.29) is 18.2 Å². The lowest BCUT2D eigenvalue weighted by Crippen LogP contribution is -2.33. The SMILES string of the molecule is CN(C)CCNC(=O)CC(=O)Nc1ccc(Oc2ccccc2)cc1. The van der Waals surface area contributed by atoms with Crippen LogP contribution in [0.25, 0.3) is 0 Å². The van der Waals surface area contributed by atoms with E-state index >= 15 is 0 Å². The number of hydrogen-bond donors (Lipinski definition) is 2. The van der Waals surface area contributed by atoms with Gasteiger partial charge in [-0.2, -0.15) is 0 Å². The summed E-state index contributed by atoms with van der Waals surface area (Å²) in [6, 6.07) is 16.4. The van der Waals surface area contributed by atoms with Crippen molar-refractivity contribution in [2.24, 2.45) is 0 Å². The van der Waals surface area contributed by atoms with Crippen LogP contribution in [-0.2, 0) is 9.59 Å². The van der Waals surface area contributed by atoms with E-state index in [0.29, 0.717) is 18.0 Å². The average Bonchev–Trinajstić information content (AvgIpc) is 2.57. The molecule has 0 bridgehead atoms. The van der Waals surface area contributed by atoms with Crippen molar-refractivity contribution < 1.29 is 14.3 Å². The lowest BCUT2D eigenvalue weighted by molar-refractivity contribution is -0.126. The predicted molar refractivity (Wildman–Crippen MR) is 97.8 cm³/mol. The quantitative estimate of drug-likeness (QED) is 0.724. The maximum atomic E-state index is 11.9. The van der Waals surface area contributed by atoms with Gasteiger partial charge in [-0.3, -0.25) is 9.59 Å². The highest BCUT2D eigenvalue weighted by Crippen LogP contribution is 2.22. The van der Waals surface area contributed by atoms with Gasteiger partial charge in [-0.25, -0.2) is 0 Å². The van der Waals surface area contributed by atoms with Crippen LogP contribution < -0.4 is 15.4 Å². The maximum Gasteiger partial charge on any atom is 0.233 e. The Morgan fingerprint density at radius 1 is 0.920 bits per heavy atom. The second-order valence-corrected chi connectivity index (χ2v) is 5.82. The van der Waals surface area contributed by atoms with Crippen LogP contribution in [-0.4, -0.2) is 43.9 Å². The summed E-state index contributed by atoms with van der Waals surface area (Å²) >= 11 is 0. The highest BCUT2D eigenvalue weighted by atomic mass is 16.5. The molecule has 0 spiro atoms. The summed E-state index contributed by atoms with van der Waals surface area (Å²) in [6.45, 7) is 1.25. The summed E-state index contributed by atoms with van der Waals surface area (Å²) < 4.78 is 5.69. The van der Waals surface area contributed by atoms with Crippen molar-refractivity contribution >= 4 is 17.5 Å². The third kappa shape index (κ3) is 7.05. The summed E-state index contributed by atoms with van der Waals surface area (Å²) in [5.74, 6) is 0.779. The first kappa shape index (κ1) is 18.5. The van der Waals surface area contributed by atoms with Crippen molar-refractivity contribution in [1.82, 2.24) is 10.2 Å². The molecule has 0 aliphatic heterocycles. The fourth-order valence-electron chi connectivity index (χ4n) is 2.06. The molecule has 6 heteroatoms. The Kier molecular flexibility index (Phi) is 6.98. The lowest BCUT2D eigenvalue weighted by atomic mass is 10.2. The normalized spacial score (nSPS) is 10.4. The third-order valence-electron chi connectivity index (χ3n) is 3.32. The minimum Gasteiger partial charge on any atom is -0.457 e. The smallest absolute Gasteiger partial charge is 0.233 e. The number of nitrogens with one attached hydrogen (secondary N) is 2. The highest BCUT2D eigenvalue weighted by molar-refractivity contribution is 6.03. The van der Waals surface area contributed by atoms with Gasteiger partial charge in [-0.05, 0) is 50.5 Å². The van der Waals surface area contributed by atoms with Gasteiger partial charge < -0.3 is 20.3 Å². The number of amides is 2. The molecule has 0 aromatic heterocycles. The second-order valence-electron chi connectivity index (χ2n) is 5.82. The van der Waals surface area contributed by atoms with Crippen LogP contribution in [0, 0.1) is 0 Å². The number of rotatable bonds is 8. The van der Waals surface area contributed by atoms with Crippen molar-refractivity contribution in [1.29, 1.82) is 0 Å². The van der Waals surface area contributed by atoms with Gasteiger partial charge in [0.05, 0.1) is 0 Å². The number of ether oxygens (including phenoxy) is 1. The van der Waals surface area contributed by atoms with Gasteiger partial charge in [0.15, 0.2) is 0 Å². The Balaban J connectivity index is 1.78. The van der Waals surface area contributed by atoms with Gasteiger partial charge in [0.2, 0.25) is 11.8 Å². The molecule has 2 aromatic rings. The van der Waals surface area contributed by atoms with Gasteiger partial charge in [0.25, 0.3) is 0 Å². The molecule has 132 valence electrons. The average molecular weight is 341 g/mol. The topological polar surface area (TPSA) is 70.7 Å². The number of benzene rings is 2. The molecule has 0 heterocycles. The van der Waals surface area contributed by atoms with Gasteiger partial charge in [0, 0.05) is 18.8 Å². The molecular formula is C19H23N3O3. The van der Waals surface area contributed by atoms with E-state index in [4.69, 9.17) is 4.74 Å². The number of hydrogen-bond acceptors (Lipinski definition) is 4. The Bertz CT molecular complexity index is 685. The molecule has 0 radical (unpaired) electrons. The van der Waals surface area contributed by atoms with Crippen molar-refractivity contribution in [3.05, 3.63) is 54.6 Å². The van der Waals surface area contributed by atoms with E-state index in [1.807, 2.05) is 49.3 Å². The largest absolute Gasteiger partial charge is 0.457 e. The van der Waals surface area contributed by atoms with E-state index in [2.05, 4.69) is 10.6 Å². The van der Waals surface area contributed by atoms with E-state index in [9.17, 15) is 9.59 Å². The Morgan fingerprint density at radius 3 is 2.20 bits per heavy atom. The summed E-state index contributed by atoms with van der Waals surface area (Å²) in [5, 5.41) is 5.40. The monoisotopic (exact) mass is 341 g/mol. The van der Waals surface area contributed by atoms with Crippen LogP contribution in [0.1, 0.15) is 6.42 Å². The molecule has 2 aromatic carbocycles. The first-order valence-electron chi connectivity index (χ1n) is 8.07. The summed E-state index contributed by atoms with van der Waals surface area (Å²) in [4.78, 5) is 25.5. The first-order valence-corrected chi connectivity index (χ1v) is 8.07. The maximum absolute atomic E-state index is 11.9. The molecule has 0 saturated carbocycles. The van der Waals surface area contributed by atoms with E-state index < -0.39 is 0 Å². The Labute approximate surface area is 147 Å². The van der Waals surface area contributed by atoms with Gasteiger partial charge in [-0.15, -0.1) is 0 Å². The minimum atomic E-state index is -0.348. The summed E-state index contributed by atoms with van der Waals surface area (Å²) in [6.07, 6.45) is -0.199. The number of likely N-dealkylation sites (N-methyl/N-ethyl adjacent to an activating group) is 1. The second kappa shape index (κ2) is 9.44. The number of carbonyl (C=O) groups is 2. The van der Waals surface area contributed by atoms with Crippen LogP contribution >= 0.6 is 0 Å². The van der Waals surface area contributed by atoms with Crippen LogP contribution in [0.4, 0.5) is 5.69 Å². The third-order valence-corrected chi connectivity index (χ3v) is 3.32. The molecule has 6 nitrogen and oxygen atoms in total. The fraction of sp³-hybridized carbons (Fsp3) is 0.263. The minimum absolute atomic E-state index is 0.199.